The topological polar surface area (TPSA) is 199 Å². The van der Waals surface area contributed by atoms with Crippen molar-refractivity contribution in [3.63, 3.8) is 0 Å². The van der Waals surface area contributed by atoms with E-state index in [0.717, 1.165) is 12.8 Å². The number of aliphatic hydroxyl groups excluding tert-OH is 2. The van der Waals surface area contributed by atoms with Crippen LogP contribution in [0.25, 0.3) is 0 Å². The summed E-state index contributed by atoms with van der Waals surface area (Å²) in [5.41, 5.74) is 2.53. The number of nitrogens with two attached hydrogens (primary N) is 1. The molecule has 0 bridgehead atoms. The number of carbonyl (C=O) groups is 4. The van der Waals surface area contributed by atoms with Gasteiger partial charge < -0.3 is 36.8 Å². The smallest absolute Gasteiger partial charge is 0.303 e. The van der Waals surface area contributed by atoms with Gasteiger partial charge in [0.2, 0.25) is 11.8 Å². The van der Waals surface area contributed by atoms with Gasteiger partial charge in [0.25, 0.3) is 5.91 Å². The molecule has 11 heteroatoms. The number of hydrogen-bond acceptors (Lipinski definition) is 7. The molecule has 8 N–H and O–H groups in total. The van der Waals surface area contributed by atoms with E-state index in [1.807, 2.05) is 13.8 Å². The number of carboxylic acids is 1. The van der Waals surface area contributed by atoms with Crippen molar-refractivity contribution in [2.24, 2.45) is 17.1 Å². The molecule has 3 amide bonds. The molecule has 0 heterocycles. The Bertz CT molecular complexity index is 752. The van der Waals surface area contributed by atoms with Gasteiger partial charge in [-0.1, -0.05) is 26.7 Å². The van der Waals surface area contributed by atoms with E-state index < -0.39 is 65.4 Å². The van der Waals surface area contributed by atoms with E-state index in [1.165, 1.54) is 0 Å². The maximum atomic E-state index is 12.8. The van der Waals surface area contributed by atoms with Gasteiger partial charge in [-0.05, 0) is 30.6 Å². The molecule has 2 aliphatic rings. The standard InChI is InChI=1S/C22H37N3O8/c1-12(2)7-13(19(23)31)25-20(32)22(33)8-14(18(30)15(26)9-22)24-16(27)10-21(11-17(28)29)5-3-4-6-21/h12-15,18,26,30,33H,3-11H2,1-2H3,(H2,23,31)(H,24,27)(H,25,32)(H,28,29). The van der Waals surface area contributed by atoms with E-state index in [2.05, 4.69) is 10.6 Å². The van der Waals surface area contributed by atoms with E-state index in [4.69, 9.17) is 5.73 Å². The lowest BCUT2D eigenvalue weighted by Crippen LogP contribution is -2.64. The lowest BCUT2D eigenvalue weighted by molar-refractivity contribution is -0.161. The Hall–Kier alpha value is -2.24. The van der Waals surface area contributed by atoms with Gasteiger partial charge in [-0.2, -0.15) is 0 Å². The molecule has 2 fully saturated rings. The Morgan fingerprint density at radius 3 is 2.18 bits per heavy atom. The zero-order valence-corrected chi connectivity index (χ0v) is 19.2. The van der Waals surface area contributed by atoms with Crippen molar-refractivity contribution in [1.29, 1.82) is 0 Å². The molecule has 188 valence electrons. The fraction of sp³-hybridized carbons (Fsp3) is 0.818. The molecule has 0 aromatic heterocycles. The highest BCUT2D eigenvalue weighted by molar-refractivity contribution is 5.91. The first-order valence-electron chi connectivity index (χ1n) is 11.5. The first kappa shape index (κ1) is 27.0. The van der Waals surface area contributed by atoms with Crippen molar-refractivity contribution >= 4 is 23.7 Å². The second kappa shape index (κ2) is 10.8. The summed E-state index contributed by atoms with van der Waals surface area (Å²) in [4.78, 5) is 48.5. The number of rotatable bonds is 10. The highest BCUT2D eigenvalue weighted by Crippen LogP contribution is 2.44. The maximum Gasteiger partial charge on any atom is 0.303 e. The highest BCUT2D eigenvalue weighted by Gasteiger charge is 2.50. The predicted octanol–water partition coefficient (Wildman–Crippen LogP) is -0.841. The molecule has 0 aliphatic heterocycles. The molecular weight excluding hydrogens is 434 g/mol. The quantitative estimate of drug-likeness (QED) is 0.214. The Labute approximate surface area is 193 Å². The van der Waals surface area contributed by atoms with E-state index in [-0.39, 0.29) is 31.6 Å². The lowest BCUT2D eigenvalue weighted by Gasteiger charge is -2.42. The van der Waals surface area contributed by atoms with Crippen LogP contribution in [-0.2, 0) is 19.2 Å². The monoisotopic (exact) mass is 471 g/mol. The van der Waals surface area contributed by atoms with Crippen LogP contribution in [-0.4, -0.2) is 74.0 Å². The Morgan fingerprint density at radius 1 is 1.06 bits per heavy atom. The van der Waals surface area contributed by atoms with Gasteiger partial charge >= 0.3 is 5.97 Å². The summed E-state index contributed by atoms with van der Waals surface area (Å²) in [7, 11) is 0. The second-order valence-corrected chi connectivity index (χ2v) is 10.2. The third-order valence-corrected chi connectivity index (χ3v) is 6.76. The number of nitrogens with one attached hydrogen (secondary N) is 2. The summed E-state index contributed by atoms with van der Waals surface area (Å²) in [5.74, 6) is -3.16. The molecule has 2 rings (SSSR count). The molecule has 11 nitrogen and oxygen atoms in total. The fourth-order valence-corrected chi connectivity index (χ4v) is 5.10. The number of amides is 3. The molecule has 5 atom stereocenters. The van der Waals surface area contributed by atoms with Gasteiger partial charge in [0.15, 0.2) is 0 Å². The van der Waals surface area contributed by atoms with Crippen LogP contribution in [0.15, 0.2) is 0 Å². The first-order chi connectivity index (χ1) is 15.3. The molecule has 2 aliphatic carbocycles. The van der Waals surface area contributed by atoms with Crippen LogP contribution in [0, 0.1) is 11.3 Å². The van der Waals surface area contributed by atoms with Crippen LogP contribution < -0.4 is 16.4 Å². The minimum atomic E-state index is -2.15. The fourth-order valence-electron chi connectivity index (χ4n) is 5.10. The van der Waals surface area contributed by atoms with Crippen LogP contribution in [0.4, 0.5) is 0 Å². The van der Waals surface area contributed by atoms with E-state index in [1.54, 1.807) is 0 Å². The van der Waals surface area contributed by atoms with Crippen molar-refractivity contribution < 1.29 is 39.6 Å². The van der Waals surface area contributed by atoms with Gasteiger partial charge in [0.1, 0.15) is 17.7 Å². The van der Waals surface area contributed by atoms with Crippen LogP contribution in [0.3, 0.4) is 0 Å². The Kier molecular flexibility index (Phi) is 8.83. The molecule has 0 aromatic rings. The zero-order chi connectivity index (χ0) is 25.0. The third-order valence-electron chi connectivity index (χ3n) is 6.76. The molecule has 33 heavy (non-hydrogen) atoms. The molecule has 0 radical (unpaired) electrons. The highest BCUT2D eigenvalue weighted by atomic mass is 16.4. The number of aliphatic hydroxyl groups is 3. The number of primary amides is 1. The van der Waals surface area contributed by atoms with Crippen molar-refractivity contribution in [3.8, 4) is 0 Å². The van der Waals surface area contributed by atoms with Gasteiger partial charge in [0, 0.05) is 19.3 Å². The predicted molar refractivity (Wildman–Crippen MR) is 116 cm³/mol. The molecule has 2 saturated carbocycles. The van der Waals surface area contributed by atoms with E-state index in [0.29, 0.717) is 12.8 Å². The Morgan fingerprint density at radius 2 is 1.67 bits per heavy atom. The first-order valence-corrected chi connectivity index (χ1v) is 11.5. The number of hydrogen-bond donors (Lipinski definition) is 7. The second-order valence-electron chi connectivity index (χ2n) is 10.2. The third kappa shape index (κ3) is 7.12. The lowest BCUT2D eigenvalue weighted by atomic mass is 9.76. The average molecular weight is 472 g/mol. The summed E-state index contributed by atoms with van der Waals surface area (Å²) in [6.07, 6.45) is -0.920. The largest absolute Gasteiger partial charge is 0.481 e. The SMILES string of the molecule is CC(C)CC(NC(=O)C1(O)CC(O)C(O)C(NC(=O)CC2(CC(=O)O)CCCC2)C1)C(N)=O. The molecule has 0 spiro atoms. The van der Waals surface area contributed by atoms with Gasteiger partial charge in [0.05, 0.1) is 18.6 Å². The molecule has 0 aromatic carbocycles. The summed E-state index contributed by atoms with van der Waals surface area (Å²) in [6.45, 7) is 3.68. The Balaban J connectivity index is 2.10. The van der Waals surface area contributed by atoms with Crippen LogP contribution in [0.2, 0.25) is 0 Å². The molecule has 5 unspecified atom stereocenters. The van der Waals surface area contributed by atoms with Crippen molar-refractivity contribution in [2.75, 3.05) is 0 Å². The van der Waals surface area contributed by atoms with E-state index in [9.17, 15) is 39.6 Å². The number of aliphatic carboxylic acids is 1. The number of carboxylic acid groups (broad SMARTS) is 1. The average Bonchev–Trinajstić information content (AvgIpc) is 3.11. The molecular formula is C22H37N3O8. The van der Waals surface area contributed by atoms with Gasteiger partial charge in [-0.3, -0.25) is 19.2 Å². The van der Waals surface area contributed by atoms with Crippen molar-refractivity contribution in [2.45, 2.75) is 102 Å². The summed E-state index contributed by atoms with van der Waals surface area (Å²) in [6, 6.07) is -2.16. The minimum absolute atomic E-state index is 0.0389. The van der Waals surface area contributed by atoms with Crippen LogP contribution in [0.1, 0.15) is 71.6 Å². The van der Waals surface area contributed by atoms with Gasteiger partial charge in [-0.15, -0.1) is 0 Å². The van der Waals surface area contributed by atoms with Crippen LogP contribution in [0.5, 0.6) is 0 Å². The summed E-state index contributed by atoms with van der Waals surface area (Å²) in [5, 5.41) is 45.8. The summed E-state index contributed by atoms with van der Waals surface area (Å²) >= 11 is 0. The zero-order valence-electron chi connectivity index (χ0n) is 19.2. The minimum Gasteiger partial charge on any atom is -0.481 e. The normalized spacial score (nSPS) is 29.9. The molecule has 0 saturated heterocycles. The van der Waals surface area contributed by atoms with Crippen LogP contribution >= 0.6 is 0 Å². The van der Waals surface area contributed by atoms with E-state index >= 15 is 0 Å². The maximum absolute atomic E-state index is 12.8. The van der Waals surface area contributed by atoms with Gasteiger partial charge in [-0.25, -0.2) is 0 Å². The summed E-state index contributed by atoms with van der Waals surface area (Å²) < 4.78 is 0. The number of carbonyl (C=O) groups excluding carboxylic acids is 3. The van der Waals surface area contributed by atoms with Crippen molar-refractivity contribution in [1.82, 2.24) is 10.6 Å². The van der Waals surface area contributed by atoms with Crippen molar-refractivity contribution in [3.05, 3.63) is 0 Å².